The van der Waals surface area contributed by atoms with Crippen LogP contribution in [-0.4, -0.2) is 19.1 Å². The Morgan fingerprint density at radius 3 is 2.73 bits per heavy atom. The van der Waals surface area contributed by atoms with Crippen molar-refractivity contribution in [2.24, 2.45) is 0 Å². The van der Waals surface area contributed by atoms with Gasteiger partial charge in [0.1, 0.15) is 6.04 Å². The van der Waals surface area contributed by atoms with E-state index in [-0.39, 0.29) is 18.1 Å². The largest absolute Gasteiger partial charge is 0.468 e. The minimum Gasteiger partial charge on any atom is -0.468 e. The highest BCUT2D eigenvalue weighted by Gasteiger charge is 2.30. The van der Waals surface area contributed by atoms with Crippen LogP contribution in [0.3, 0.4) is 0 Å². The quantitative estimate of drug-likeness (QED) is 0.746. The molecule has 0 aliphatic carbocycles. The van der Waals surface area contributed by atoms with Crippen LogP contribution in [-0.2, 0) is 9.53 Å². The molecular weight excluding hydrogens is 190 g/mol. The fourth-order valence-electron chi connectivity index (χ4n) is 2.02. The number of carbonyl (C=O) groups excluding carboxylic acids is 1. The predicted octanol–water partition coefficient (Wildman–Crippen LogP) is 1.65. The lowest BCUT2D eigenvalue weighted by Crippen LogP contribution is -2.33. The Labute approximate surface area is 89.4 Å². The lowest BCUT2D eigenvalue weighted by atomic mass is 10.1. The molecule has 1 fully saturated rings. The zero-order valence-corrected chi connectivity index (χ0v) is 8.77. The third-order valence-corrected chi connectivity index (χ3v) is 2.83. The molecule has 1 N–H and O–H groups in total. The molecule has 1 saturated heterocycles. The highest BCUT2D eigenvalue weighted by Crippen LogP contribution is 2.26. The van der Waals surface area contributed by atoms with E-state index in [2.05, 4.69) is 17.4 Å². The normalized spacial score (nSPS) is 25.1. The summed E-state index contributed by atoms with van der Waals surface area (Å²) in [5.41, 5.74) is 1.24. The van der Waals surface area contributed by atoms with Gasteiger partial charge in [-0.15, -0.1) is 0 Å². The van der Waals surface area contributed by atoms with Gasteiger partial charge in [0.05, 0.1) is 7.11 Å². The first-order valence-corrected chi connectivity index (χ1v) is 5.20. The predicted molar refractivity (Wildman–Crippen MR) is 57.4 cm³/mol. The zero-order chi connectivity index (χ0) is 10.7. The molecule has 0 amide bonds. The van der Waals surface area contributed by atoms with Crippen molar-refractivity contribution in [3.8, 4) is 0 Å². The van der Waals surface area contributed by atoms with Crippen molar-refractivity contribution < 1.29 is 9.53 Å². The Kier molecular flexibility index (Phi) is 3.02. The van der Waals surface area contributed by atoms with Crippen LogP contribution >= 0.6 is 0 Å². The molecule has 1 aliphatic rings. The average Bonchev–Trinajstić information content (AvgIpc) is 2.78. The minimum atomic E-state index is -0.159. The number of rotatable bonds is 2. The van der Waals surface area contributed by atoms with E-state index in [0.29, 0.717) is 0 Å². The third-order valence-electron chi connectivity index (χ3n) is 2.83. The van der Waals surface area contributed by atoms with Crippen molar-refractivity contribution in [3.05, 3.63) is 35.9 Å². The van der Waals surface area contributed by atoms with E-state index in [1.54, 1.807) is 0 Å². The molecule has 2 rings (SSSR count). The summed E-state index contributed by atoms with van der Waals surface area (Å²) in [5, 5.41) is 3.28. The van der Waals surface area contributed by atoms with E-state index in [1.165, 1.54) is 12.7 Å². The summed E-state index contributed by atoms with van der Waals surface area (Å²) >= 11 is 0. The topological polar surface area (TPSA) is 38.3 Å². The molecule has 80 valence electrons. The van der Waals surface area contributed by atoms with Crippen LogP contribution in [0.4, 0.5) is 0 Å². The minimum absolute atomic E-state index is 0.139. The van der Waals surface area contributed by atoms with Gasteiger partial charge in [-0.1, -0.05) is 30.3 Å². The second-order valence-corrected chi connectivity index (χ2v) is 3.78. The molecule has 0 spiro atoms. The Morgan fingerprint density at radius 2 is 2.07 bits per heavy atom. The van der Waals surface area contributed by atoms with Gasteiger partial charge in [0, 0.05) is 6.04 Å². The maximum atomic E-state index is 11.3. The highest BCUT2D eigenvalue weighted by atomic mass is 16.5. The maximum absolute atomic E-state index is 11.3. The maximum Gasteiger partial charge on any atom is 0.322 e. The molecule has 1 aromatic carbocycles. The number of nitrogens with one attached hydrogen (secondary N) is 1. The molecule has 2 atom stereocenters. The Balaban J connectivity index is 2.02. The van der Waals surface area contributed by atoms with Crippen LogP contribution in [0.1, 0.15) is 24.4 Å². The molecule has 0 radical (unpaired) electrons. The zero-order valence-electron chi connectivity index (χ0n) is 8.77. The van der Waals surface area contributed by atoms with Gasteiger partial charge in [0.15, 0.2) is 0 Å². The summed E-state index contributed by atoms with van der Waals surface area (Å²) < 4.78 is 4.72. The van der Waals surface area contributed by atoms with Crippen molar-refractivity contribution in [1.29, 1.82) is 0 Å². The van der Waals surface area contributed by atoms with Gasteiger partial charge < -0.3 is 4.74 Å². The van der Waals surface area contributed by atoms with E-state index in [1.807, 2.05) is 18.2 Å². The summed E-state index contributed by atoms with van der Waals surface area (Å²) in [7, 11) is 1.43. The molecule has 0 bridgehead atoms. The smallest absolute Gasteiger partial charge is 0.322 e. The van der Waals surface area contributed by atoms with Crippen LogP contribution in [0, 0.1) is 0 Å². The molecule has 1 heterocycles. The van der Waals surface area contributed by atoms with Gasteiger partial charge in [-0.3, -0.25) is 10.1 Å². The number of hydrogen-bond acceptors (Lipinski definition) is 3. The first kappa shape index (κ1) is 10.2. The average molecular weight is 205 g/mol. The number of benzene rings is 1. The third kappa shape index (κ3) is 2.18. The molecule has 3 nitrogen and oxygen atoms in total. The Hall–Kier alpha value is -1.35. The Bertz CT molecular complexity index is 337. The molecule has 0 saturated carbocycles. The second kappa shape index (κ2) is 4.45. The molecule has 0 unspecified atom stereocenters. The van der Waals surface area contributed by atoms with Gasteiger partial charge in [-0.2, -0.15) is 0 Å². The Morgan fingerprint density at radius 1 is 1.33 bits per heavy atom. The first-order valence-electron chi connectivity index (χ1n) is 5.20. The lowest BCUT2D eigenvalue weighted by Gasteiger charge is -2.12. The van der Waals surface area contributed by atoms with Crippen molar-refractivity contribution in [2.45, 2.75) is 24.9 Å². The van der Waals surface area contributed by atoms with Crippen molar-refractivity contribution in [2.75, 3.05) is 7.11 Å². The monoisotopic (exact) mass is 205 g/mol. The summed E-state index contributed by atoms with van der Waals surface area (Å²) in [5.74, 6) is -0.159. The highest BCUT2D eigenvalue weighted by molar-refractivity contribution is 5.76. The number of methoxy groups -OCH3 is 1. The molecular formula is C12H15NO2. The summed E-state index contributed by atoms with van der Waals surface area (Å²) in [6.07, 6.45) is 1.84. The SMILES string of the molecule is COC(=O)[C@@H]1CC[C@H](c2ccccc2)N1. The van der Waals surface area contributed by atoms with Gasteiger partial charge in [0.25, 0.3) is 0 Å². The van der Waals surface area contributed by atoms with E-state index in [9.17, 15) is 4.79 Å². The van der Waals surface area contributed by atoms with Crippen LogP contribution in [0.5, 0.6) is 0 Å². The van der Waals surface area contributed by atoms with Crippen LogP contribution in [0.15, 0.2) is 30.3 Å². The van der Waals surface area contributed by atoms with Crippen LogP contribution in [0.25, 0.3) is 0 Å². The van der Waals surface area contributed by atoms with Gasteiger partial charge in [-0.25, -0.2) is 0 Å². The number of esters is 1. The van der Waals surface area contributed by atoms with Crippen LogP contribution in [0.2, 0.25) is 0 Å². The van der Waals surface area contributed by atoms with Gasteiger partial charge in [-0.05, 0) is 18.4 Å². The van der Waals surface area contributed by atoms with E-state index < -0.39 is 0 Å². The molecule has 1 aromatic rings. The number of ether oxygens (including phenoxy) is 1. The summed E-state index contributed by atoms with van der Waals surface area (Å²) in [6.45, 7) is 0. The van der Waals surface area contributed by atoms with Crippen molar-refractivity contribution >= 4 is 5.97 Å². The van der Waals surface area contributed by atoms with Crippen molar-refractivity contribution in [1.82, 2.24) is 5.32 Å². The van der Waals surface area contributed by atoms with E-state index >= 15 is 0 Å². The molecule has 1 aliphatic heterocycles. The molecule has 0 aromatic heterocycles. The summed E-state index contributed by atoms with van der Waals surface area (Å²) in [6, 6.07) is 10.3. The van der Waals surface area contributed by atoms with Gasteiger partial charge >= 0.3 is 5.97 Å². The van der Waals surface area contributed by atoms with Crippen LogP contribution < -0.4 is 5.32 Å². The number of hydrogen-bond donors (Lipinski definition) is 1. The lowest BCUT2D eigenvalue weighted by molar-refractivity contribution is -0.142. The fourth-order valence-corrected chi connectivity index (χ4v) is 2.02. The molecule has 15 heavy (non-hydrogen) atoms. The second-order valence-electron chi connectivity index (χ2n) is 3.78. The number of carbonyl (C=O) groups is 1. The summed E-state index contributed by atoms with van der Waals surface area (Å²) in [4.78, 5) is 11.3. The van der Waals surface area contributed by atoms with E-state index in [0.717, 1.165) is 12.8 Å². The van der Waals surface area contributed by atoms with E-state index in [4.69, 9.17) is 4.74 Å². The standard InChI is InChI=1S/C12H15NO2/c1-15-12(14)11-8-7-10(13-11)9-5-3-2-4-6-9/h2-6,10-11,13H,7-8H2,1H3/t10-,11+/m1/s1. The molecule has 3 heteroatoms. The van der Waals surface area contributed by atoms with Gasteiger partial charge in [0.2, 0.25) is 0 Å². The first-order chi connectivity index (χ1) is 7.31. The van der Waals surface area contributed by atoms with Crippen molar-refractivity contribution in [3.63, 3.8) is 0 Å². The fraction of sp³-hybridized carbons (Fsp3) is 0.417.